The van der Waals surface area contributed by atoms with Crippen LogP contribution in [0, 0.1) is 11.2 Å². The summed E-state index contributed by atoms with van der Waals surface area (Å²) in [6.07, 6.45) is 1.63. The van der Waals surface area contributed by atoms with E-state index < -0.39 is 29.8 Å². The number of aliphatic hydroxyl groups excluding tert-OH is 1. The molecule has 0 radical (unpaired) electrons. The fraction of sp³-hybridized carbons (Fsp3) is 0.438. The van der Waals surface area contributed by atoms with E-state index in [9.17, 15) is 22.7 Å². The van der Waals surface area contributed by atoms with E-state index in [0.29, 0.717) is 28.7 Å². The van der Waals surface area contributed by atoms with E-state index in [2.05, 4.69) is 6.07 Å². The summed E-state index contributed by atoms with van der Waals surface area (Å²) in [4.78, 5) is 0. The lowest BCUT2D eigenvalue weighted by Gasteiger charge is -2.48. The quantitative estimate of drug-likeness (QED) is 0.336. The lowest BCUT2D eigenvalue weighted by atomic mass is 9.58. The minimum absolute atomic E-state index is 0.0729. The molecule has 3 aliphatic carbocycles. The molecule has 1 spiro atoms. The number of fused-ring (bicyclic) bond motifs is 1. The van der Waals surface area contributed by atoms with Gasteiger partial charge in [0.15, 0.2) is 6.17 Å². The molecular formula is C32H31F5O. The molecule has 0 aliphatic heterocycles. The highest BCUT2D eigenvalue weighted by Gasteiger charge is 2.45. The second-order valence-corrected chi connectivity index (χ2v) is 11.5. The zero-order chi connectivity index (χ0) is 26.7. The van der Waals surface area contributed by atoms with Gasteiger partial charge in [-0.3, -0.25) is 0 Å². The summed E-state index contributed by atoms with van der Waals surface area (Å²) in [5, 5.41) is 11.5. The minimum Gasteiger partial charge on any atom is -0.388 e. The van der Waals surface area contributed by atoms with Crippen LogP contribution < -0.4 is 0 Å². The Kier molecular flexibility index (Phi) is 6.37. The number of halogens is 5. The molecule has 2 fully saturated rings. The first-order valence-electron chi connectivity index (χ1n) is 13.6. The van der Waals surface area contributed by atoms with Gasteiger partial charge in [0.05, 0.1) is 11.7 Å². The molecule has 200 valence electrons. The van der Waals surface area contributed by atoms with Gasteiger partial charge in [-0.05, 0) is 108 Å². The summed E-state index contributed by atoms with van der Waals surface area (Å²) >= 11 is 0. The molecule has 3 aromatic rings. The summed E-state index contributed by atoms with van der Waals surface area (Å²) in [6.45, 7) is 0. The molecule has 0 saturated heterocycles. The van der Waals surface area contributed by atoms with Crippen LogP contribution in [0.15, 0.2) is 54.6 Å². The largest absolute Gasteiger partial charge is 0.416 e. The third-order valence-electron chi connectivity index (χ3n) is 9.18. The molecule has 2 atom stereocenters. The molecule has 3 aliphatic rings. The first-order chi connectivity index (χ1) is 18.2. The summed E-state index contributed by atoms with van der Waals surface area (Å²) in [6, 6.07) is 12.2. The predicted molar refractivity (Wildman–Crippen MR) is 137 cm³/mol. The van der Waals surface area contributed by atoms with Crippen LogP contribution in [0.4, 0.5) is 22.0 Å². The second-order valence-electron chi connectivity index (χ2n) is 11.5. The molecule has 0 unspecified atom stereocenters. The molecule has 0 bridgehead atoms. The average molecular weight is 527 g/mol. The molecule has 1 nitrogen and oxygen atoms in total. The van der Waals surface area contributed by atoms with Gasteiger partial charge < -0.3 is 5.11 Å². The molecule has 6 heteroatoms. The normalized spacial score (nSPS) is 21.8. The summed E-state index contributed by atoms with van der Waals surface area (Å²) in [5.41, 5.74) is 3.62. The van der Waals surface area contributed by atoms with Gasteiger partial charge in [-0.2, -0.15) is 13.2 Å². The zero-order valence-corrected chi connectivity index (χ0v) is 21.1. The van der Waals surface area contributed by atoms with Gasteiger partial charge in [-0.1, -0.05) is 49.6 Å². The van der Waals surface area contributed by atoms with Crippen molar-refractivity contribution in [2.24, 2.45) is 5.41 Å². The number of rotatable bonds is 4. The first-order valence-corrected chi connectivity index (χ1v) is 13.6. The Morgan fingerprint density at radius 3 is 2.13 bits per heavy atom. The Morgan fingerprint density at radius 2 is 1.55 bits per heavy atom. The van der Waals surface area contributed by atoms with Crippen LogP contribution in [-0.2, 0) is 12.6 Å². The fourth-order valence-corrected chi connectivity index (χ4v) is 7.15. The van der Waals surface area contributed by atoms with Crippen LogP contribution in [0.1, 0.15) is 103 Å². The maximum Gasteiger partial charge on any atom is 0.416 e. The van der Waals surface area contributed by atoms with E-state index in [4.69, 9.17) is 0 Å². The van der Waals surface area contributed by atoms with E-state index in [-0.39, 0.29) is 16.9 Å². The molecular weight excluding hydrogens is 495 g/mol. The molecule has 0 amide bonds. The van der Waals surface area contributed by atoms with Crippen LogP contribution in [0.3, 0.4) is 0 Å². The van der Waals surface area contributed by atoms with Gasteiger partial charge >= 0.3 is 6.18 Å². The molecule has 0 aromatic heterocycles. The smallest absolute Gasteiger partial charge is 0.388 e. The Hall–Kier alpha value is -2.73. The van der Waals surface area contributed by atoms with E-state index in [1.165, 1.54) is 24.3 Å². The second kappa shape index (κ2) is 9.48. The van der Waals surface area contributed by atoms with Gasteiger partial charge in [0.2, 0.25) is 0 Å². The highest BCUT2D eigenvalue weighted by atomic mass is 19.4. The average Bonchev–Trinajstić information content (AvgIpc) is 3.41. The number of alkyl halides is 4. The molecule has 1 N–H and O–H groups in total. The number of aliphatic hydroxyl groups is 1. The predicted octanol–water partition coefficient (Wildman–Crippen LogP) is 9.38. The molecule has 3 aromatic carbocycles. The van der Waals surface area contributed by atoms with Crippen molar-refractivity contribution in [1.29, 1.82) is 0 Å². The van der Waals surface area contributed by atoms with Crippen molar-refractivity contribution in [1.82, 2.24) is 0 Å². The Labute approximate surface area is 219 Å². The maximum absolute atomic E-state index is 16.7. The van der Waals surface area contributed by atoms with Gasteiger partial charge in [0, 0.05) is 5.56 Å². The fourth-order valence-electron chi connectivity index (χ4n) is 7.15. The molecule has 6 rings (SSSR count). The van der Waals surface area contributed by atoms with Gasteiger partial charge in [0.1, 0.15) is 5.82 Å². The van der Waals surface area contributed by atoms with E-state index in [1.807, 2.05) is 0 Å². The molecule has 38 heavy (non-hydrogen) atoms. The third kappa shape index (κ3) is 4.45. The van der Waals surface area contributed by atoms with E-state index >= 15 is 4.39 Å². The van der Waals surface area contributed by atoms with Crippen molar-refractivity contribution in [3.8, 4) is 11.1 Å². The van der Waals surface area contributed by atoms with Gasteiger partial charge in [0.25, 0.3) is 0 Å². The highest BCUT2D eigenvalue weighted by Crippen LogP contribution is 2.57. The minimum atomic E-state index is -4.51. The van der Waals surface area contributed by atoms with Gasteiger partial charge in [-0.25, -0.2) is 8.78 Å². The standard InChI is InChI=1S/C32H31F5O/c33-24-12-8-20(9-13-24)28-27-22(17-31(14-3-15-31)18-26(27)38)16-25(19-4-1-2-5-19)29(28)30(34)21-6-10-23(11-7-21)32(35,36)37/h6-13,16,19,26,30,38H,1-5,14-15,17-18H2/t26-,30+/m0/s1. The van der Waals surface area contributed by atoms with Crippen molar-refractivity contribution in [3.05, 3.63) is 93.8 Å². The maximum atomic E-state index is 16.7. The van der Waals surface area contributed by atoms with Crippen molar-refractivity contribution < 1.29 is 27.1 Å². The lowest BCUT2D eigenvalue weighted by molar-refractivity contribution is -0.137. The van der Waals surface area contributed by atoms with Crippen molar-refractivity contribution in [3.63, 3.8) is 0 Å². The third-order valence-corrected chi connectivity index (χ3v) is 9.18. The molecule has 0 heterocycles. The zero-order valence-electron chi connectivity index (χ0n) is 21.1. The Bertz CT molecular complexity index is 1320. The topological polar surface area (TPSA) is 20.2 Å². The summed E-state index contributed by atoms with van der Waals surface area (Å²) in [7, 11) is 0. The van der Waals surface area contributed by atoms with Crippen LogP contribution in [0.5, 0.6) is 0 Å². The summed E-state index contributed by atoms with van der Waals surface area (Å²) in [5.74, 6) is -0.275. The number of benzene rings is 3. The van der Waals surface area contributed by atoms with Crippen molar-refractivity contribution in [2.75, 3.05) is 0 Å². The van der Waals surface area contributed by atoms with Gasteiger partial charge in [-0.15, -0.1) is 0 Å². The van der Waals surface area contributed by atoms with Crippen molar-refractivity contribution >= 4 is 0 Å². The summed E-state index contributed by atoms with van der Waals surface area (Å²) < 4.78 is 70.3. The van der Waals surface area contributed by atoms with E-state index in [0.717, 1.165) is 74.6 Å². The van der Waals surface area contributed by atoms with Crippen LogP contribution >= 0.6 is 0 Å². The lowest BCUT2D eigenvalue weighted by Crippen LogP contribution is -2.37. The van der Waals surface area contributed by atoms with Crippen LogP contribution in [0.25, 0.3) is 11.1 Å². The van der Waals surface area contributed by atoms with Crippen LogP contribution in [-0.4, -0.2) is 5.11 Å². The SMILES string of the molecule is O[C@H]1CC2(CCC2)Cc2cc(C3CCCC3)c([C@H](F)c3ccc(C(F)(F)F)cc3)c(-c3ccc(F)cc3)c21. The van der Waals surface area contributed by atoms with Crippen molar-refractivity contribution in [2.45, 2.75) is 82.2 Å². The first kappa shape index (κ1) is 25.5. The molecule has 2 saturated carbocycles. The van der Waals surface area contributed by atoms with Crippen LogP contribution in [0.2, 0.25) is 0 Å². The number of hydrogen-bond donors (Lipinski definition) is 1. The van der Waals surface area contributed by atoms with E-state index in [1.54, 1.807) is 12.1 Å². The number of hydrogen-bond acceptors (Lipinski definition) is 1. The monoisotopic (exact) mass is 526 g/mol. The highest BCUT2D eigenvalue weighted by molar-refractivity contribution is 5.77. The Morgan fingerprint density at radius 1 is 0.895 bits per heavy atom. The Balaban J connectivity index is 1.58.